The Kier molecular flexibility index (Phi) is 4.92. The van der Waals surface area contributed by atoms with Crippen LogP contribution in [0.1, 0.15) is 5.56 Å². The predicted molar refractivity (Wildman–Crippen MR) is 76.9 cm³/mol. The molecule has 0 atom stereocenters. The number of hydrogen-bond donors (Lipinski definition) is 1. The lowest BCUT2D eigenvalue weighted by Gasteiger charge is -2.10. The standard InChI is InChI=1S/C15H11ClF3NO2/c16-13-4-2-1-3-10(13)9-14(21)20-11-5-7-12(8-6-11)22-15(17,18)19/h1-8H,9H2,(H,20,21). The largest absolute Gasteiger partial charge is 0.573 e. The lowest BCUT2D eigenvalue weighted by atomic mass is 10.1. The third-order valence-corrected chi connectivity index (χ3v) is 3.05. The molecule has 2 aromatic rings. The van der Waals surface area contributed by atoms with Gasteiger partial charge < -0.3 is 10.1 Å². The second kappa shape index (κ2) is 6.70. The van der Waals surface area contributed by atoms with Gasteiger partial charge in [0.15, 0.2) is 0 Å². The topological polar surface area (TPSA) is 38.3 Å². The Morgan fingerprint density at radius 1 is 1.09 bits per heavy atom. The molecule has 0 bridgehead atoms. The third kappa shape index (κ3) is 4.96. The molecule has 116 valence electrons. The summed E-state index contributed by atoms with van der Waals surface area (Å²) in [6.07, 6.45) is -4.67. The lowest BCUT2D eigenvalue weighted by Crippen LogP contribution is -2.17. The zero-order chi connectivity index (χ0) is 16.2. The number of carbonyl (C=O) groups is 1. The van der Waals surface area contributed by atoms with Crippen molar-refractivity contribution in [2.45, 2.75) is 12.8 Å². The van der Waals surface area contributed by atoms with E-state index in [1.807, 2.05) is 0 Å². The predicted octanol–water partition coefficient (Wildman–Crippen LogP) is 4.42. The minimum Gasteiger partial charge on any atom is -0.406 e. The van der Waals surface area contributed by atoms with E-state index in [1.165, 1.54) is 12.1 Å². The highest BCUT2D eigenvalue weighted by atomic mass is 35.5. The van der Waals surface area contributed by atoms with Gasteiger partial charge in [-0.3, -0.25) is 4.79 Å². The first kappa shape index (κ1) is 16.2. The van der Waals surface area contributed by atoms with Gasteiger partial charge >= 0.3 is 6.36 Å². The van der Waals surface area contributed by atoms with E-state index in [4.69, 9.17) is 11.6 Å². The molecule has 1 amide bonds. The number of alkyl halides is 3. The van der Waals surface area contributed by atoms with E-state index in [0.717, 1.165) is 12.1 Å². The first-order valence-corrected chi connectivity index (χ1v) is 6.60. The molecule has 0 aliphatic heterocycles. The van der Waals surface area contributed by atoms with Gasteiger partial charge in [0.05, 0.1) is 6.42 Å². The summed E-state index contributed by atoms with van der Waals surface area (Å²) in [6.45, 7) is 0. The molecule has 0 aromatic heterocycles. The summed E-state index contributed by atoms with van der Waals surface area (Å²) >= 11 is 5.95. The summed E-state index contributed by atoms with van der Waals surface area (Å²) < 4.78 is 39.8. The second-order valence-corrected chi connectivity index (χ2v) is 4.80. The Hall–Kier alpha value is -2.21. The average molecular weight is 330 g/mol. The fraction of sp³-hybridized carbons (Fsp3) is 0.133. The highest BCUT2D eigenvalue weighted by Crippen LogP contribution is 2.24. The van der Waals surface area contributed by atoms with Crippen LogP contribution >= 0.6 is 11.6 Å². The van der Waals surface area contributed by atoms with Gasteiger partial charge in [-0.15, -0.1) is 13.2 Å². The zero-order valence-electron chi connectivity index (χ0n) is 11.2. The third-order valence-electron chi connectivity index (χ3n) is 2.68. The zero-order valence-corrected chi connectivity index (χ0v) is 11.9. The van der Waals surface area contributed by atoms with Crippen molar-refractivity contribution in [2.75, 3.05) is 5.32 Å². The first-order chi connectivity index (χ1) is 10.3. The van der Waals surface area contributed by atoms with Gasteiger partial charge in [-0.05, 0) is 35.9 Å². The SMILES string of the molecule is O=C(Cc1ccccc1Cl)Nc1ccc(OC(F)(F)F)cc1. The van der Waals surface area contributed by atoms with Crippen molar-refractivity contribution >= 4 is 23.2 Å². The van der Waals surface area contributed by atoms with Crippen molar-refractivity contribution in [2.24, 2.45) is 0 Å². The quantitative estimate of drug-likeness (QED) is 0.901. The number of hydrogen-bond acceptors (Lipinski definition) is 2. The molecule has 0 aliphatic carbocycles. The molecule has 2 aromatic carbocycles. The van der Waals surface area contributed by atoms with E-state index in [2.05, 4.69) is 10.1 Å². The molecule has 0 saturated carbocycles. The number of nitrogens with one attached hydrogen (secondary N) is 1. The number of carbonyl (C=O) groups excluding carboxylic acids is 1. The maximum atomic E-state index is 12.0. The molecule has 1 N–H and O–H groups in total. The summed E-state index contributed by atoms with van der Waals surface area (Å²) in [6, 6.07) is 11.8. The molecular formula is C15H11ClF3NO2. The van der Waals surface area contributed by atoms with Crippen molar-refractivity contribution in [1.29, 1.82) is 0 Å². The molecular weight excluding hydrogens is 319 g/mol. The van der Waals surface area contributed by atoms with Crippen molar-refractivity contribution in [1.82, 2.24) is 0 Å². The Balaban J connectivity index is 1.96. The summed E-state index contributed by atoms with van der Waals surface area (Å²) in [5, 5.41) is 3.05. The number of amides is 1. The van der Waals surface area contributed by atoms with Gasteiger partial charge in [-0.1, -0.05) is 29.8 Å². The first-order valence-electron chi connectivity index (χ1n) is 6.22. The van der Waals surface area contributed by atoms with E-state index in [-0.39, 0.29) is 18.1 Å². The average Bonchev–Trinajstić information content (AvgIpc) is 2.42. The molecule has 3 nitrogen and oxygen atoms in total. The Morgan fingerprint density at radius 2 is 1.73 bits per heavy atom. The van der Waals surface area contributed by atoms with Gasteiger partial charge in [0.2, 0.25) is 5.91 Å². The van der Waals surface area contributed by atoms with Crippen molar-refractivity contribution in [3.63, 3.8) is 0 Å². The van der Waals surface area contributed by atoms with Crippen LogP contribution in [-0.2, 0) is 11.2 Å². The van der Waals surface area contributed by atoms with Gasteiger partial charge in [-0.2, -0.15) is 0 Å². The summed E-state index contributed by atoms with van der Waals surface area (Å²) in [4.78, 5) is 11.9. The maximum absolute atomic E-state index is 12.0. The van der Waals surface area contributed by atoms with E-state index in [9.17, 15) is 18.0 Å². The van der Waals surface area contributed by atoms with Crippen LogP contribution in [0.25, 0.3) is 0 Å². The van der Waals surface area contributed by atoms with Crippen LogP contribution in [0.5, 0.6) is 5.75 Å². The van der Waals surface area contributed by atoms with Crippen LogP contribution in [0.2, 0.25) is 5.02 Å². The fourth-order valence-electron chi connectivity index (χ4n) is 1.76. The molecule has 2 rings (SSSR count). The number of ether oxygens (including phenoxy) is 1. The van der Waals surface area contributed by atoms with Crippen LogP contribution in [-0.4, -0.2) is 12.3 Å². The smallest absolute Gasteiger partial charge is 0.406 e. The second-order valence-electron chi connectivity index (χ2n) is 4.39. The van der Waals surface area contributed by atoms with E-state index >= 15 is 0 Å². The van der Waals surface area contributed by atoms with E-state index < -0.39 is 6.36 Å². The number of halogens is 4. The Bertz CT molecular complexity index is 657. The van der Waals surface area contributed by atoms with Gasteiger partial charge in [-0.25, -0.2) is 0 Å². The minimum atomic E-state index is -4.74. The summed E-state index contributed by atoms with van der Waals surface area (Å²) in [5.41, 5.74) is 1.03. The number of rotatable bonds is 4. The Labute approximate surface area is 129 Å². The van der Waals surface area contributed by atoms with Crippen molar-refractivity contribution < 1.29 is 22.7 Å². The number of anilines is 1. The monoisotopic (exact) mass is 329 g/mol. The van der Waals surface area contributed by atoms with Crippen LogP contribution in [0.4, 0.5) is 18.9 Å². The van der Waals surface area contributed by atoms with Crippen molar-refractivity contribution in [3.8, 4) is 5.75 Å². The van der Waals surface area contributed by atoms with Gasteiger partial charge in [0.1, 0.15) is 5.75 Å². The van der Waals surface area contributed by atoms with Crippen LogP contribution in [0.15, 0.2) is 48.5 Å². The van der Waals surface area contributed by atoms with E-state index in [1.54, 1.807) is 24.3 Å². The molecule has 0 unspecified atom stereocenters. The number of benzene rings is 2. The maximum Gasteiger partial charge on any atom is 0.573 e. The van der Waals surface area contributed by atoms with Crippen LogP contribution in [0.3, 0.4) is 0 Å². The molecule has 22 heavy (non-hydrogen) atoms. The molecule has 0 radical (unpaired) electrons. The molecule has 0 fully saturated rings. The molecule has 0 spiro atoms. The molecule has 7 heteroatoms. The lowest BCUT2D eigenvalue weighted by molar-refractivity contribution is -0.274. The highest BCUT2D eigenvalue weighted by molar-refractivity contribution is 6.31. The van der Waals surface area contributed by atoms with E-state index in [0.29, 0.717) is 16.3 Å². The summed E-state index contributed by atoms with van der Waals surface area (Å²) in [7, 11) is 0. The minimum absolute atomic E-state index is 0.0699. The van der Waals surface area contributed by atoms with Crippen LogP contribution < -0.4 is 10.1 Å². The Morgan fingerprint density at radius 3 is 2.32 bits per heavy atom. The van der Waals surface area contributed by atoms with Crippen LogP contribution in [0, 0.1) is 0 Å². The van der Waals surface area contributed by atoms with Gasteiger partial charge in [0.25, 0.3) is 0 Å². The highest BCUT2D eigenvalue weighted by Gasteiger charge is 2.30. The molecule has 0 aliphatic rings. The van der Waals surface area contributed by atoms with Gasteiger partial charge in [0, 0.05) is 10.7 Å². The molecule has 0 saturated heterocycles. The normalized spacial score (nSPS) is 11.1. The summed E-state index contributed by atoms with van der Waals surface area (Å²) in [5.74, 6) is -0.672. The fourth-order valence-corrected chi connectivity index (χ4v) is 1.96. The van der Waals surface area contributed by atoms with Crippen molar-refractivity contribution in [3.05, 3.63) is 59.1 Å². The molecule has 0 heterocycles.